The summed E-state index contributed by atoms with van der Waals surface area (Å²) in [4.78, 5) is 12.7. The number of piperidine rings is 1. The molecular weight excluding hydrogens is 300 g/mol. The maximum atomic E-state index is 5.26. The Balaban J connectivity index is 1.41. The van der Waals surface area contributed by atoms with Gasteiger partial charge in [-0.3, -0.25) is 9.80 Å². The quantitative estimate of drug-likeness (QED) is 0.917. The van der Waals surface area contributed by atoms with Crippen LogP contribution in [0.15, 0.2) is 36.8 Å². The van der Waals surface area contributed by atoms with Crippen LogP contribution in [0, 0.1) is 5.92 Å². The summed E-state index contributed by atoms with van der Waals surface area (Å²) in [5.41, 5.74) is 2.60. The van der Waals surface area contributed by atoms with Crippen molar-refractivity contribution in [1.29, 1.82) is 0 Å². The largest absolute Gasteiger partial charge is 0.497 e. The molecule has 2 bridgehead atoms. The van der Waals surface area contributed by atoms with E-state index >= 15 is 0 Å². The second-order valence-corrected chi connectivity index (χ2v) is 7.15. The van der Waals surface area contributed by atoms with Crippen LogP contribution in [0.4, 0.5) is 0 Å². The van der Waals surface area contributed by atoms with E-state index in [1.807, 2.05) is 6.20 Å². The maximum Gasteiger partial charge on any atom is 0.118 e. The minimum absolute atomic E-state index is 0.658. The third kappa shape index (κ3) is 3.47. The van der Waals surface area contributed by atoms with Gasteiger partial charge in [0.15, 0.2) is 0 Å². The van der Waals surface area contributed by atoms with Crippen molar-refractivity contribution in [2.24, 2.45) is 5.92 Å². The molecule has 3 aliphatic heterocycles. The Labute approximate surface area is 143 Å². The van der Waals surface area contributed by atoms with E-state index in [1.54, 1.807) is 13.4 Å². The molecule has 5 nitrogen and oxygen atoms in total. The third-order valence-corrected chi connectivity index (χ3v) is 5.40. The van der Waals surface area contributed by atoms with Gasteiger partial charge < -0.3 is 9.72 Å². The highest BCUT2D eigenvalue weighted by atomic mass is 16.5. The van der Waals surface area contributed by atoms with E-state index in [0.29, 0.717) is 6.04 Å². The van der Waals surface area contributed by atoms with Gasteiger partial charge in [0.25, 0.3) is 0 Å². The Morgan fingerprint density at radius 3 is 2.75 bits per heavy atom. The van der Waals surface area contributed by atoms with Gasteiger partial charge in [0.1, 0.15) is 5.75 Å². The van der Waals surface area contributed by atoms with Crippen LogP contribution in [-0.2, 0) is 13.1 Å². The fourth-order valence-corrected chi connectivity index (χ4v) is 4.18. The minimum atomic E-state index is 0.658. The molecule has 2 atom stereocenters. The lowest BCUT2D eigenvalue weighted by atomic mass is 9.95. The highest BCUT2D eigenvalue weighted by Crippen LogP contribution is 2.29. The van der Waals surface area contributed by atoms with E-state index in [2.05, 4.69) is 44.0 Å². The van der Waals surface area contributed by atoms with Gasteiger partial charge >= 0.3 is 0 Å². The molecule has 0 aliphatic carbocycles. The van der Waals surface area contributed by atoms with Crippen molar-refractivity contribution in [3.8, 4) is 5.75 Å². The van der Waals surface area contributed by atoms with Gasteiger partial charge in [-0.25, -0.2) is 4.98 Å². The highest BCUT2D eigenvalue weighted by Gasteiger charge is 2.34. The lowest BCUT2D eigenvalue weighted by molar-refractivity contribution is 0.122. The maximum absolute atomic E-state index is 5.26. The van der Waals surface area contributed by atoms with Crippen LogP contribution in [0.3, 0.4) is 0 Å². The van der Waals surface area contributed by atoms with Crippen molar-refractivity contribution in [3.05, 3.63) is 48.0 Å². The Morgan fingerprint density at radius 1 is 1.12 bits per heavy atom. The van der Waals surface area contributed by atoms with Crippen LogP contribution < -0.4 is 4.74 Å². The lowest BCUT2D eigenvalue weighted by Crippen LogP contribution is -2.43. The normalized spacial score (nSPS) is 24.9. The van der Waals surface area contributed by atoms with Crippen LogP contribution in [0.25, 0.3) is 0 Å². The van der Waals surface area contributed by atoms with Gasteiger partial charge in [-0.05, 0) is 36.5 Å². The predicted molar refractivity (Wildman–Crippen MR) is 93.8 cm³/mol. The Bertz CT molecular complexity index is 640. The summed E-state index contributed by atoms with van der Waals surface area (Å²) >= 11 is 0. The molecule has 0 radical (unpaired) electrons. The molecule has 0 unspecified atom stereocenters. The van der Waals surface area contributed by atoms with Gasteiger partial charge in [-0.2, -0.15) is 0 Å². The molecule has 0 amide bonds. The molecular formula is C19H26N4O. The summed E-state index contributed by atoms with van der Waals surface area (Å²) < 4.78 is 5.26. The predicted octanol–water partition coefficient (Wildman–Crippen LogP) is 2.51. The number of hydrogen-bond acceptors (Lipinski definition) is 4. The average molecular weight is 326 g/mol. The second kappa shape index (κ2) is 6.95. The van der Waals surface area contributed by atoms with Crippen LogP contribution in [-0.4, -0.2) is 52.6 Å². The van der Waals surface area contributed by atoms with Gasteiger partial charge in [0.05, 0.1) is 13.4 Å². The zero-order chi connectivity index (χ0) is 16.4. The molecule has 128 valence electrons. The first kappa shape index (κ1) is 15.7. The molecule has 2 aromatic rings. The van der Waals surface area contributed by atoms with Gasteiger partial charge in [-0.15, -0.1) is 0 Å². The number of ether oxygens (including phenoxy) is 1. The average Bonchev–Trinajstić information content (AvgIpc) is 2.96. The number of nitrogens with zero attached hydrogens (tertiary/aromatic N) is 3. The molecule has 3 saturated heterocycles. The minimum Gasteiger partial charge on any atom is -0.497 e. The Morgan fingerprint density at radius 2 is 2.00 bits per heavy atom. The molecule has 5 rings (SSSR count). The summed E-state index contributed by atoms with van der Waals surface area (Å²) in [5.74, 6) is 1.71. The number of aromatic nitrogens is 2. The van der Waals surface area contributed by atoms with E-state index in [1.165, 1.54) is 37.2 Å². The monoisotopic (exact) mass is 326 g/mol. The molecule has 0 spiro atoms. The number of nitrogens with one attached hydrogen (secondary N) is 1. The van der Waals surface area contributed by atoms with E-state index in [0.717, 1.165) is 31.3 Å². The molecule has 4 heterocycles. The van der Waals surface area contributed by atoms with Crippen LogP contribution in [0.5, 0.6) is 5.75 Å². The summed E-state index contributed by atoms with van der Waals surface area (Å²) in [6.45, 7) is 5.62. The fourth-order valence-electron chi connectivity index (χ4n) is 4.18. The Kier molecular flexibility index (Phi) is 4.54. The number of rotatable bonds is 5. The van der Waals surface area contributed by atoms with E-state index in [9.17, 15) is 0 Å². The second-order valence-electron chi connectivity index (χ2n) is 7.15. The zero-order valence-electron chi connectivity index (χ0n) is 14.3. The fraction of sp³-hybridized carbons (Fsp3) is 0.526. The molecule has 3 fully saturated rings. The van der Waals surface area contributed by atoms with Crippen molar-refractivity contribution in [2.75, 3.05) is 26.7 Å². The number of aromatic amines is 1. The zero-order valence-corrected chi connectivity index (χ0v) is 14.3. The van der Waals surface area contributed by atoms with E-state index in [-0.39, 0.29) is 0 Å². The molecule has 1 aromatic heterocycles. The van der Waals surface area contributed by atoms with Gasteiger partial charge in [0, 0.05) is 50.7 Å². The topological polar surface area (TPSA) is 44.4 Å². The first-order valence-corrected chi connectivity index (χ1v) is 8.87. The van der Waals surface area contributed by atoms with Crippen molar-refractivity contribution in [1.82, 2.24) is 19.8 Å². The van der Waals surface area contributed by atoms with Crippen LogP contribution >= 0.6 is 0 Å². The standard InChI is InChI=1S/C19H26N4O/c1-24-19-6-3-15(4-7-19)9-22-10-16-2-5-18(13-22)23(11-16)12-17-8-20-14-21-17/h3-4,6-8,14,16,18H,2,5,9-13H2,1H3,(H,20,21)/t16-,18+/m0/s1. The lowest BCUT2D eigenvalue weighted by Gasteiger charge is -2.35. The number of fused-ring (bicyclic) bond motifs is 4. The highest BCUT2D eigenvalue weighted by molar-refractivity contribution is 5.27. The smallest absolute Gasteiger partial charge is 0.118 e. The number of hydrogen-bond donors (Lipinski definition) is 1. The number of methoxy groups -OCH3 is 1. The molecule has 5 heteroatoms. The molecule has 0 saturated carbocycles. The first-order chi connectivity index (χ1) is 11.8. The van der Waals surface area contributed by atoms with E-state index in [4.69, 9.17) is 4.74 Å². The van der Waals surface area contributed by atoms with Crippen LogP contribution in [0.1, 0.15) is 24.1 Å². The summed E-state index contributed by atoms with van der Waals surface area (Å²) in [6.07, 6.45) is 6.41. The van der Waals surface area contributed by atoms with Crippen molar-refractivity contribution >= 4 is 0 Å². The summed E-state index contributed by atoms with van der Waals surface area (Å²) in [5, 5.41) is 0. The summed E-state index contributed by atoms with van der Waals surface area (Å²) in [6, 6.07) is 9.16. The Hall–Kier alpha value is -1.85. The summed E-state index contributed by atoms with van der Waals surface area (Å²) in [7, 11) is 1.72. The number of benzene rings is 1. The van der Waals surface area contributed by atoms with Crippen molar-refractivity contribution < 1.29 is 4.74 Å². The number of imidazole rings is 1. The van der Waals surface area contributed by atoms with E-state index < -0.39 is 0 Å². The first-order valence-electron chi connectivity index (χ1n) is 8.87. The van der Waals surface area contributed by atoms with Crippen LogP contribution in [0.2, 0.25) is 0 Å². The molecule has 24 heavy (non-hydrogen) atoms. The van der Waals surface area contributed by atoms with Crippen molar-refractivity contribution in [2.45, 2.75) is 32.0 Å². The van der Waals surface area contributed by atoms with Gasteiger partial charge in [0.2, 0.25) is 0 Å². The van der Waals surface area contributed by atoms with Gasteiger partial charge in [-0.1, -0.05) is 12.1 Å². The van der Waals surface area contributed by atoms with Crippen molar-refractivity contribution in [3.63, 3.8) is 0 Å². The molecule has 1 N–H and O–H groups in total. The SMILES string of the molecule is COc1ccc(CN2C[C@@H]3CC[C@H](C2)N(Cc2cnc[nH]2)C3)cc1. The number of H-pyrrole nitrogens is 1. The molecule has 3 aliphatic rings. The molecule has 1 aromatic carbocycles. The third-order valence-electron chi connectivity index (χ3n) is 5.40.